The second-order valence-corrected chi connectivity index (χ2v) is 4.58. The summed E-state index contributed by atoms with van der Waals surface area (Å²) in [5, 5.41) is 2.86. The van der Waals surface area contributed by atoms with E-state index in [1.165, 1.54) is 6.92 Å². The van der Waals surface area contributed by atoms with E-state index in [0.717, 1.165) is 22.2 Å². The maximum Gasteiger partial charge on any atom is 0.217 e. The topological polar surface area (TPSA) is 38.3 Å². The molecule has 1 aromatic carbocycles. The van der Waals surface area contributed by atoms with Crippen LogP contribution < -0.4 is 10.1 Å². The smallest absolute Gasteiger partial charge is 0.217 e. The van der Waals surface area contributed by atoms with Crippen molar-refractivity contribution in [3.8, 4) is 5.75 Å². The lowest BCUT2D eigenvalue weighted by Gasteiger charge is -2.25. The van der Waals surface area contributed by atoms with E-state index in [1.807, 2.05) is 18.2 Å². The van der Waals surface area contributed by atoms with Gasteiger partial charge in [0.15, 0.2) is 0 Å². The summed E-state index contributed by atoms with van der Waals surface area (Å²) in [7, 11) is 0. The zero-order valence-electron chi connectivity index (χ0n) is 8.42. The average molecular weight is 270 g/mol. The van der Waals surface area contributed by atoms with Gasteiger partial charge in [0.2, 0.25) is 5.91 Å². The maximum absolute atomic E-state index is 10.9. The predicted molar refractivity (Wildman–Crippen MR) is 60.9 cm³/mol. The van der Waals surface area contributed by atoms with Crippen molar-refractivity contribution < 1.29 is 9.53 Å². The number of nitrogens with one attached hydrogen (secondary N) is 1. The Bertz CT molecular complexity index is 392. The van der Waals surface area contributed by atoms with Crippen molar-refractivity contribution in [1.29, 1.82) is 0 Å². The van der Waals surface area contributed by atoms with Crippen molar-refractivity contribution >= 4 is 21.8 Å². The number of fused-ring (bicyclic) bond motifs is 1. The van der Waals surface area contributed by atoms with E-state index in [2.05, 4.69) is 21.2 Å². The van der Waals surface area contributed by atoms with Gasteiger partial charge in [0, 0.05) is 11.4 Å². The average Bonchev–Trinajstić information content (AvgIpc) is 2.16. The van der Waals surface area contributed by atoms with Crippen molar-refractivity contribution in [3.63, 3.8) is 0 Å². The highest BCUT2D eigenvalue weighted by atomic mass is 79.9. The molecule has 2 rings (SSSR count). The Labute approximate surface area is 96.9 Å². The molecule has 1 aromatic rings. The number of hydrogen-bond donors (Lipinski definition) is 1. The van der Waals surface area contributed by atoms with Gasteiger partial charge in [0.25, 0.3) is 0 Å². The third-order valence-electron chi connectivity index (χ3n) is 2.34. The third kappa shape index (κ3) is 2.50. The van der Waals surface area contributed by atoms with Crippen LogP contribution in [0.3, 0.4) is 0 Å². The first kappa shape index (κ1) is 10.5. The lowest BCUT2D eigenvalue weighted by Crippen LogP contribution is -2.41. The lowest BCUT2D eigenvalue weighted by atomic mass is 10.0. The highest BCUT2D eigenvalue weighted by Gasteiger charge is 2.20. The number of hydrogen-bond acceptors (Lipinski definition) is 2. The molecule has 0 bridgehead atoms. The number of carbonyl (C=O) groups is 1. The van der Waals surface area contributed by atoms with Gasteiger partial charge in [0.1, 0.15) is 12.4 Å². The van der Waals surface area contributed by atoms with E-state index in [4.69, 9.17) is 4.74 Å². The molecule has 0 radical (unpaired) electrons. The summed E-state index contributed by atoms with van der Waals surface area (Å²) in [5.41, 5.74) is 1.13. The molecule has 1 unspecified atom stereocenters. The molecule has 4 heteroatoms. The Morgan fingerprint density at radius 1 is 1.60 bits per heavy atom. The zero-order valence-corrected chi connectivity index (χ0v) is 10.0. The standard InChI is InChI=1S/C11H12BrNO2/c1-7(14)13-10-5-8-4-9(12)2-3-11(8)15-6-10/h2-4,10H,5-6H2,1H3,(H,13,14). The number of amides is 1. The Hall–Kier alpha value is -1.03. The molecule has 1 N–H and O–H groups in total. The van der Waals surface area contributed by atoms with E-state index in [0.29, 0.717) is 6.61 Å². The SMILES string of the molecule is CC(=O)NC1COc2ccc(Br)cc2C1. The van der Waals surface area contributed by atoms with Gasteiger partial charge >= 0.3 is 0 Å². The van der Waals surface area contributed by atoms with Crippen LogP contribution in [0.5, 0.6) is 5.75 Å². The molecule has 3 nitrogen and oxygen atoms in total. The molecule has 1 heterocycles. The van der Waals surface area contributed by atoms with Crippen molar-refractivity contribution in [2.24, 2.45) is 0 Å². The number of rotatable bonds is 1. The highest BCUT2D eigenvalue weighted by molar-refractivity contribution is 9.10. The number of ether oxygens (including phenoxy) is 1. The van der Waals surface area contributed by atoms with Crippen LogP contribution in [0, 0.1) is 0 Å². The molecule has 0 saturated carbocycles. The van der Waals surface area contributed by atoms with Gasteiger partial charge in [-0.25, -0.2) is 0 Å². The van der Waals surface area contributed by atoms with Crippen LogP contribution in [0.4, 0.5) is 0 Å². The molecule has 0 fully saturated rings. The van der Waals surface area contributed by atoms with E-state index < -0.39 is 0 Å². The van der Waals surface area contributed by atoms with E-state index in [1.54, 1.807) is 0 Å². The molecular weight excluding hydrogens is 258 g/mol. The zero-order chi connectivity index (χ0) is 10.8. The quantitative estimate of drug-likeness (QED) is 0.846. The number of benzene rings is 1. The first-order valence-electron chi connectivity index (χ1n) is 4.83. The van der Waals surface area contributed by atoms with Crippen molar-refractivity contribution in [2.45, 2.75) is 19.4 Å². The summed E-state index contributed by atoms with van der Waals surface area (Å²) in [5.74, 6) is 0.904. The maximum atomic E-state index is 10.9. The molecule has 0 spiro atoms. The van der Waals surface area contributed by atoms with Gasteiger partial charge in [-0.2, -0.15) is 0 Å². The molecule has 0 saturated heterocycles. The Morgan fingerprint density at radius 2 is 2.40 bits per heavy atom. The molecule has 1 amide bonds. The Balaban J connectivity index is 2.14. The van der Waals surface area contributed by atoms with Gasteiger partial charge in [-0.15, -0.1) is 0 Å². The summed E-state index contributed by atoms with van der Waals surface area (Å²) in [4.78, 5) is 10.9. The van der Waals surface area contributed by atoms with Gasteiger partial charge < -0.3 is 10.1 Å². The molecule has 80 valence electrons. The fourth-order valence-corrected chi connectivity index (χ4v) is 2.15. The minimum Gasteiger partial charge on any atom is -0.491 e. The molecule has 0 aliphatic carbocycles. The third-order valence-corrected chi connectivity index (χ3v) is 2.83. The van der Waals surface area contributed by atoms with Crippen molar-refractivity contribution in [1.82, 2.24) is 5.32 Å². The second-order valence-electron chi connectivity index (χ2n) is 3.66. The van der Waals surface area contributed by atoms with Gasteiger partial charge in [-0.3, -0.25) is 4.79 Å². The van der Waals surface area contributed by atoms with Crippen LogP contribution in [-0.2, 0) is 11.2 Å². The largest absolute Gasteiger partial charge is 0.491 e. The first-order valence-corrected chi connectivity index (χ1v) is 5.63. The van der Waals surface area contributed by atoms with Crippen LogP contribution in [0.2, 0.25) is 0 Å². The van der Waals surface area contributed by atoms with E-state index in [9.17, 15) is 4.79 Å². The van der Waals surface area contributed by atoms with Crippen LogP contribution >= 0.6 is 15.9 Å². The van der Waals surface area contributed by atoms with Gasteiger partial charge in [-0.05, 0) is 30.2 Å². The minimum atomic E-state index is -0.0120. The lowest BCUT2D eigenvalue weighted by molar-refractivity contribution is -0.119. The fourth-order valence-electron chi connectivity index (χ4n) is 1.74. The monoisotopic (exact) mass is 269 g/mol. The van der Waals surface area contributed by atoms with E-state index in [-0.39, 0.29) is 11.9 Å². The summed E-state index contributed by atoms with van der Waals surface area (Å²) in [6, 6.07) is 6.02. The van der Waals surface area contributed by atoms with Crippen LogP contribution in [-0.4, -0.2) is 18.6 Å². The highest BCUT2D eigenvalue weighted by Crippen LogP contribution is 2.27. The molecular formula is C11H12BrNO2. The van der Waals surface area contributed by atoms with Crippen LogP contribution in [0.15, 0.2) is 22.7 Å². The van der Waals surface area contributed by atoms with Crippen LogP contribution in [0.25, 0.3) is 0 Å². The Kier molecular flexibility index (Phi) is 2.95. The fraction of sp³-hybridized carbons (Fsp3) is 0.364. The molecule has 1 aliphatic rings. The Morgan fingerprint density at radius 3 is 3.13 bits per heavy atom. The minimum absolute atomic E-state index is 0.0120. The van der Waals surface area contributed by atoms with Crippen molar-refractivity contribution in [3.05, 3.63) is 28.2 Å². The predicted octanol–water partition coefficient (Wildman–Crippen LogP) is 1.89. The summed E-state index contributed by atoms with van der Waals surface area (Å²) in [6.07, 6.45) is 0.828. The number of carbonyl (C=O) groups excluding carboxylic acids is 1. The summed E-state index contributed by atoms with van der Waals surface area (Å²) in [6.45, 7) is 2.07. The normalized spacial score (nSPS) is 18.9. The van der Waals surface area contributed by atoms with Gasteiger partial charge in [0.05, 0.1) is 6.04 Å². The van der Waals surface area contributed by atoms with Gasteiger partial charge in [-0.1, -0.05) is 15.9 Å². The van der Waals surface area contributed by atoms with Crippen molar-refractivity contribution in [2.75, 3.05) is 6.61 Å². The van der Waals surface area contributed by atoms with Crippen LogP contribution in [0.1, 0.15) is 12.5 Å². The first-order chi connectivity index (χ1) is 7.15. The molecule has 0 aromatic heterocycles. The summed E-state index contributed by atoms with van der Waals surface area (Å²) < 4.78 is 6.59. The second kappa shape index (κ2) is 4.23. The molecule has 15 heavy (non-hydrogen) atoms. The number of halogens is 1. The molecule has 1 aliphatic heterocycles. The summed E-state index contributed by atoms with van der Waals surface area (Å²) >= 11 is 3.42. The molecule has 1 atom stereocenters. The van der Waals surface area contributed by atoms with E-state index >= 15 is 0 Å².